The van der Waals surface area contributed by atoms with Gasteiger partial charge in [-0.2, -0.15) is 0 Å². The second-order valence-electron chi connectivity index (χ2n) is 16.8. The van der Waals surface area contributed by atoms with Crippen molar-refractivity contribution >= 4 is 5.97 Å². The van der Waals surface area contributed by atoms with Gasteiger partial charge in [0.15, 0.2) is 0 Å². The minimum absolute atomic E-state index is 0.0223. The Kier molecular flexibility index (Phi) is 64.3. The third-order valence-electron chi connectivity index (χ3n) is 10.3. The molecule has 0 aromatic rings. The highest BCUT2D eigenvalue weighted by molar-refractivity contribution is 5.70. The number of ether oxygens (including phenoxy) is 24. The van der Waals surface area contributed by atoms with Gasteiger partial charge < -0.3 is 119 Å². The van der Waals surface area contributed by atoms with Crippen molar-refractivity contribution in [2.45, 2.75) is 32.0 Å². The van der Waals surface area contributed by atoms with Gasteiger partial charge in [0.2, 0.25) is 0 Å². The first-order chi connectivity index (χ1) is 39.2. The third-order valence-corrected chi connectivity index (χ3v) is 10.3. The summed E-state index contributed by atoms with van der Waals surface area (Å²) in [6.07, 6.45) is 0.863. The summed E-state index contributed by atoms with van der Waals surface area (Å²) in [6.45, 7) is 25.1. The molecule has 1 aliphatic rings. The predicted molar refractivity (Wildman–Crippen MR) is 286 cm³/mol. The van der Waals surface area contributed by atoms with Crippen molar-refractivity contribution in [3.63, 3.8) is 0 Å². The highest BCUT2D eigenvalue weighted by atomic mass is 16.6. The van der Waals surface area contributed by atoms with Crippen molar-refractivity contribution in [2.75, 3.05) is 311 Å². The second-order valence-corrected chi connectivity index (χ2v) is 16.8. The van der Waals surface area contributed by atoms with Gasteiger partial charge in [-0.1, -0.05) is 0 Å². The Morgan fingerprint density at radius 2 is 0.506 bits per heavy atom. The van der Waals surface area contributed by atoms with Crippen LogP contribution in [0.5, 0.6) is 0 Å². The van der Waals surface area contributed by atoms with Crippen molar-refractivity contribution in [1.82, 2.24) is 5.32 Å². The molecule has 0 aliphatic carbocycles. The van der Waals surface area contributed by atoms with Crippen LogP contribution in [-0.2, 0) is 118 Å². The van der Waals surface area contributed by atoms with Crippen LogP contribution in [0.4, 0.5) is 0 Å². The lowest BCUT2D eigenvalue weighted by Gasteiger charge is -2.15. The van der Waals surface area contributed by atoms with Gasteiger partial charge in [-0.25, -0.2) is 0 Å². The van der Waals surface area contributed by atoms with Crippen LogP contribution < -0.4 is 5.32 Å². The highest BCUT2D eigenvalue weighted by Crippen LogP contribution is 2.07. The number of nitrogens with one attached hydrogen (secondary N) is 1. The molecule has 1 rings (SSSR count). The van der Waals surface area contributed by atoms with E-state index in [0.717, 1.165) is 19.5 Å². The molecule has 0 spiro atoms. The molecular weight excluding hydrogens is 1050 g/mol. The Labute approximate surface area is 471 Å². The first-order valence-electron chi connectivity index (χ1n) is 28.4. The number of hydrogen-bond acceptors (Lipinski definition) is 26. The maximum absolute atomic E-state index is 11.9. The number of carbonyl (C=O) groups is 1. The van der Waals surface area contributed by atoms with Crippen LogP contribution in [0.1, 0.15) is 19.8 Å². The molecule has 79 heavy (non-hydrogen) atoms. The molecule has 26 heteroatoms. The fourth-order valence-corrected chi connectivity index (χ4v) is 6.21. The molecule has 0 saturated carbocycles. The number of esters is 1. The molecule has 1 fully saturated rings. The van der Waals surface area contributed by atoms with Crippen molar-refractivity contribution in [3.05, 3.63) is 0 Å². The van der Waals surface area contributed by atoms with Crippen LogP contribution in [0.3, 0.4) is 0 Å². The Morgan fingerprint density at radius 1 is 0.316 bits per heavy atom. The largest absolute Gasteiger partial charge is 0.461 e. The number of hydrogen-bond donors (Lipinski definition) is 1. The first kappa shape index (κ1) is 75.5. The van der Waals surface area contributed by atoms with E-state index in [1.54, 1.807) is 7.11 Å². The molecule has 0 aromatic heterocycles. The molecule has 0 amide bonds. The number of rotatable bonds is 70. The molecule has 0 aromatic carbocycles. The van der Waals surface area contributed by atoms with E-state index < -0.39 is 0 Å². The van der Waals surface area contributed by atoms with E-state index in [1.807, 2.05) is 6.92 Å². The van der Waals surface area contributed by atoms with Crippen LogP contribution in [0.15, 0.2) is 0 Å². The van der Waals surface area contributed by atoms with Gasteiger partial charge in [0, 0.05) is 13.7 Å². The number of methoxy groups -OCH3 is 1. The number of carbonyl (C=O) groups excluding carboxylic acids is 1. The second kappa shape index (κ2) is 67.3. The maximum atomic E-state index is 11.9. The van der Waals surface area contributed by atoms with Gasteiger partial charge in [-0.05, 0) is 19.9 Å². The molecule has 472 valence electrons. The molecule has 0 bridgehead atoms. The molecule has 0 radical (unpaired) electrons. The zero-order valence-corrected chi connectivity index (χ0v) is 48.3. The zero-order chi connectivity index (χ0) is 56.4. The Balaban J connectivity index is 1.59. The van der Waals surface area contributed by atoms with Gasteiger partial charge in [-0.3, -0.25) is 4.79 Å². The quantitative estimate of drug-likeness (QED) is 0.0650. The van der Waals surface area contributed by atoms with E-state index in [-0.39, 0.29) is 24.6 Å². The average molecular weight is 1160 g/mol. The van der Waals surface area contributed by atoms with Crippen LogP contribution in [0.25, 0.3) is 0 Å². The minimum atomic E-state index is -0.225. The summed E-state index contributed by atoms with van der Waals surface area (Å²) in [5.41, 5.74) is 0. The van der Waals surface area contributed by atoms with Crippen molar-refractivity contribution in [2.24, 2.45) is 0 Å². The van der Waals surface area contributed by atoms with Gasteiger partial charge in [0.05, 0.1) is 303 Å². The summed E-state index contributed by atoms with van der Waals surface area (Å²) in [4.78, 5) is 11.9. The van der Waals surface area contributed by atoms with Gasteiger partial charge in [0.1, 0.15) is 6.10 Å². The monoisotopic (exact) mass is 1160 g/mol. The lowest BCUT2D eigenvalue weighted by Crippen LogP contribution is -2.24. The molecule has 1 heterocycles. The maximum Gasteiger partial charge on any atom is 0.308 e. The van der Waals surface area contributed by atoms with Gasteiger partial charge in [0.25, 0.3) is 0 Å². The average Bonchev–Trinajstić information content (AvgIpc) is 3.97. The zero-order valence-electron chi connectivity index (χ0n) is 48.3. The standard InChI is InChI=1S/C53H105NO25/c1-51(49-53(55)79-52-3-4-54-50-52)78-48-47-77-46-45-76-44-43-75-42-41-74-40-39-73-38-37-72-36-35-71-34-33-70-32-31-69-30-29-68-28-27-67-26-25-66-24-23-65-22-21-64-20-19-63-18-17-62-16-15-61-14-13-60-12-11-59-10-9-58-8-7-57-6-5-56-2/h51-52,54H,3-50H2,1-2H3. The Bertz CT molecular complexity index is 1160. The molecular formula is C53H105NO25. The molecule has 1 aliphatic heterocycles. The summed E-state index contributed by atoms with van der Waals surface area (Å²) in [7, 11) is 1.64. The van der Waals surface area contributed by atoms with Crippen molar-refractivity contribution < 1.29 is 118 Å². The molecule has 1 saturated heterocycles. The summed E-state index contributed by atoms with van der Waals surface area (Å²) >= 11 is 0. The van der Waals surface area contributed by atoms with E-state index >= 15 is 0 Å². The summed E-state index contributed by atoms with van der Waals surface area (Å²) in [5.74, 6) is -0.225. The highest BCUT2D eigenvalue weighted by Gasteiger charge is 2.20. The van der Waals surface area contributed by atoms with Crippen LogP contribution >= 0.6 is 0 Å². The molecule has 2 atom stereocenters. The lowest BCUT2D eigenvalue weighted by atomic mass is 10.2. The van der Waals surface area contributed by atoms with Crippen molar-refractivity contribution in [3.8, 4) is 0 Å². The summed E-state index contributed by atoms with van der Waals surface area (Å²) in [5, 5.41) is 3.17. The van der Waals surface area contributed by atoms with E-state index in [0.29, 0.717) is 291 Å². The van der Waals surface area contributed by atoms with Crippen LogP contribution in [0.2, 0.25) is 0 Å². The van der Waals surface area contributed by atoms with E-state index in [4.69, 9.17) is 114 Å². The summed E-state index contributed by atoms with van der Waals surface area (Å²) < 4.78 is 131. The normalized spacial score (nSPS) is 14.0. The van der Waals surface area contributed by atoms with Crippen molar-refractivity contribution in [1.29, 1.82) is 0 Å². The smallest absolute Gasteiger partial charge is 0.308 e. The van der Waals surface area contributed by atoms with Crippen LogP contribution in [0, 0.1) is 0 Å². The lowest BCUT2D eigenvalue weighted by molar-refractivity contribution is -0.151. The fraction of sp³-hybridized carbons (Fsp3) is 0.981. The minimum Gasteiger partial charge on any atom is -0.461 e. The fourth-order valence-electron chi connectivity index (χ4n) is 6.21. The molecule has 26 nitrogen and oxygen atoms in total. The van der Waals surface area contributed by atoms with Gasteiger partial charge >= 0.3 is 5.97 Å². The topological polar surface area (TPSA) is 251 Å². The SMILES string of the molecule is COCCOCCOCCOCCOCCOCCOCCOCCOCCOCCOCCOCCOCCOCCOCCOCCOCCOCCOCCOCCOCCOCCOC(C)CC(=O)OC1CCNC1. The Hall–Kier alpha value is -1.49. The van der Waals surface area contributed by atoms with Crippen LogP contribution in [-0.4, -0.2) is 329 Å². The van der Waals surface area contributed by atoms with E-state index in [9.17, 15) is 4.79 Å². The molecule has 1 N–H and O–H groups in total. The van der Waals surface area contributed by atoms with E-state index in [2.05, 4.69) is 5.32 Å². The summed E-state index contributed by atoms with van der Waals surface area (Å²) in [6, 6.07) is 0. The van der Waals surface area contributed by atoms with Gasteiger partial charge in [-0.15, -0.1) is 0 Å². The van der Waals surface area contributed by atoms with E-state index in [1.165, 1.54) is 0 Å². The molecule has 2 unspecified atom stereocenters. The predicted octanol–water partition coefficient (Wildman–Crippen LogP) is 0.682. The first-order valence-corrected chi connectivity index (χ1v) is 28.4. The Morgan fingerprint density at radius 3 is 0.684 bits per heavy atom. The third kappa shape index (κ3) is 63.9.